The van der Waals surface area contributed by atoms with Gasteiger partial charge in [-0.05, 0) is 18.6 Å². The van der Waals surface area contributed by atoms with Gasteiger partial charge in [0.05, 0.1) is 7.11 Å². The second-order valence-corrected chi connectivity index (χ2v) is 5.10. The van der Waals surface area contributed by atoms with Crippen molar-refractivity contribution >= 4 is 33.6 Å². The molecule has 6 nitrogen and oxygen atoms in total. The van der Waals surface area contributed by atoms with Crippen LogP contribution in [0.25, 0.3) is 0 Å². The van der Waals surface area contributed by atoms with Gasteiger partial charge < -0.3 is 20.1 Å². The lowest BCUT2D eigenvalue weighted by Crippen LogP contribution is -2.44. The zero-order chi connectivity index (χ0) is 15.3. The monoisotopic (exact) mass is 344 g/mol. The summed E-state index contributed by atoms with van der Waals surface area (Å²) in [5.74, 6) is -0.445. The summed E-state index contributed by atoms with van der Waals surface area (Å²) >= 11 is 3.31. The van der Waals surface area contributed by atoms with Gasteiger partial charge in [-0.2, -0.15) is 0 Å². The predicted molar refractivity (Wildman–Crippen MR) is 79.2 cm³/mol. The number of carbonyl (C=O) groups excluding carboxylic acids is 1. The number of halogens is 1. The van der Waals surface area contributed by atoms with Crippen LogP contribution in [0.1, 0.15) is 13.3 Å². The van der Waals surface area contributed by atoms with Crippen LogP contribution in [-0.2, 0) is 4.79 Å². The molecule has 1 aromatic carbocycles. The number of hydrogen-bond donors (Lipinski definition) is 2. The largest absolute Gasteiger partial charge is 0.497 e. The first-order chi connectivity index (χ1) is 9.38. The zero-order valence-corrected chi connectivity index (χ0v) is 13.1. The number of nitrogens with one attached hydrogen (secondary N) is 1. The average Bonchev–Trinajstić information content (AvgIpc) is 2.38. The van der Waals surface area contributed by atoms with Crippen LogP contribution in [0.15, 0.2) is 22.7 Å². The number of aliphatic carboxylic acids is 1. The van der Waals surface area contributed by atoms with Crippen molar-refractivity contribution in [1.82, 2.24) is 4.90 Å². The molecule has 0 spiro atoms. The summed E-state index contributed by atoms with van der Waals surface area (Å²) in [4.78, 5) is 24.2. The number of nitrogens with zero attached hydrogens (tertiary/aromatic N) is 1. The van der Waals surface area contributed by atoms with Gasteiger partial charge in [-0.25, -0.2) is 9.59 Å². The minimum Gasteiger partial charge on any atom is -0.497 e. The van der Waals surface area contributed by atoms with Crippen LogP contribution >= 0.6 is 15.9 Å². The first kappa shape index (κ1) is 16.3. The molecule has 1 atom stereocenters. The summed E-state index contributed by atoms with van der Waals surface area (Å²) in [5, 5.41) is 11.7. The molecule has 1 rings (SSSR count). The minimum absolute atomic E-state index is 0.334. The summed E-state index contributed by atoms with van der Waals surface area (Å²) < 4.78 is 5.85. The maximum atomic E-state index is 12.0. The molecule has 20 heavy (non-hydrogen) atoms. The van der Waals surface area contributed by atoms with Crippen LogP contribution in [0.5, 0.6) is 5.75 Å². The van der Waals surface area contributed by atoms with Crippen molar-refractivity contribution in [3.8, 4) is 5.75 Å². The number of carbonyl (C=O) groups is 2. The number of methoxy groups -OCH3 is 1. The third-order valence-electron chi connectivity index (χ3n) is 2.82. The Morgan fingerprint density at radius 2 is 2.10 bits per heavy atom. The molecular weight excluding hydrogens is 328 g/mol. The van der Waals surface area contributed by atoms with E-state index in [1.807, 2.05) is 0 Å². The van der Waals surface area contributed by atoms with Crippen molar-refractivity contribution in [2.45, 2.75) is 19.4 Å². The Bertz CT molecular complexity index is 507. The lowest BCUT2D eigenvalue weighted by atomic mass is 10.2. The predicted octanol–water partition coefficient (Wildman–Crippen LogP) is 2.78. The average molecular weight is 345 g/mol. The van der Waals surface area contributed by atoms with Crippen molar-refractivity contribution < 1.29 is 19.4 Å². The molecule has 0 aromatic heterocycles. The fourth-order valence-corrected chi connectivity index (χ4v) is 2.19. The minimum atomic E-state index is -1.03. The molecule has 0 bridgehead atoms. The zero-order valence-electron chi connectivity index (χ0n) is 11.5. The lowest BCUT2D eigenvalue weighted by molar-refractivity contribution is -0.141. The number of carboxylic acids is 1. The van der Waals surface area contributed by atoms with E-state index in [4.69, 9.17) is 9.84 Å². The summed E-state index contributed by atoms with van der Waals surface area (Å²) in [6.07, 6.45) is 0.334. The molecule has 0 radical (unpaired) electrons. The van der Waals surface area contributed by atoms with Crippen molar-refractivity contribution in [3.05, 3.63) is 22.7 Å². The number of benzene rings is 1. The van der Waals surface area contributed by atoms with E-state index in [1.165, 1.54) is 14.2 Å². The van der Waals surface area contributed by atoms with Crippen LogP contribution in [0.2, 0.25) is 0 Å². The Morgan fingerprint density at radius 1 is 1.45 bits per heavy atom. The van der Waals surface area contributed by atoms with Crippen LogP contribution in [0.4, 0.5) is 10.5 Å². The Balaban J connectivity index is 2.84. The van der Waals surface area contributed by atoms with E-state index in [1.54, 1.807) is 25.1 Å². The normalized spacial score (nSPS) is 11.6. The number of ether oxygens (including phenoxy) is 1. The molecule has 0 aliphatic carbocycles. The van der Waals surface area contributed by atoms with Gasteiger partial charge in [0.1, 0.15) is 11.8 Å². The standard InChI is InChI=1S/C13H17BrN2O4/c1-4-11(12(17)18)16(2)13(19)15-9-5-8(14)6-10(7-9)20-3/h5-7,11H,4H2,1-3H3,(H,15,19)(H,17,18). The van der Waals surface area contributed by atoms with E-state index in [0.717, 1.165) is 9.37 Å². The van der Waals surface area contributed by atoms with Gasteiger partial charge in [-0.1, -0.05) is 22.9 Å². The van der Waals surface area contributed by atoms with Gasteiger partial charge in [0.15, 0.2) is 0 Å². The summed E-state index contributed by atoms with van der Waals surface area (Å²) in [7, 11) is 2.98. The highest BCUT2D eigenvalue weighted by atomic mass is 79.9. The Labute approximate surface area is 125 Å². The van der Waals surface area contributed by atoms with E-state index in [0.29, 0.717) is 17.9 Å². The van der Waals surface area contributed by atoms with Gasteiger partial charge >= 0.3 is 12.0 Å². The van der Waals surface area contributed by atoms with Crippen molar-refractivity contribution in [2.24, 2.45) is 0 Å². The van der Waals surface area contributed by atoms with Gasteiger partial charge in [0, 0.05) is 23.3 Å². The number of amides is 2. The second-order valence-electron chi connectivity index (χ2n) is 4.18. The maximum Gasteiger partial charge on any atom is 0.326 e. The Kier molecular flexibility index (Phi) is 5.82. The first-order valence-corrected chi connectivity index (χ1v) is 6.79. The van der Waals surface area contributed by atoms with Crippen molar-refractivity contribution in [2.75, 3.05) is 19.5 Å². The van der Waals surface area contributed by atoms with Crippen LogP contribution in [0, 0.1) is 0 Å². The molecule has 7 heteroatoms. The van der Waals surface area contributed by atoms with E-state index >= 15 is 0 Å². The first-order valence-electron chi connectivity index (χ1n) is 6.00. The highest BCUT2D eigenvalue weighted by molar-refractivity contribution is 9.10. The Hall–Kier alpha value is -1.76. The smallest absolute Gasteiger partial charge is 0.326 e. The van der Waals surface area contributed by atoms with Crippen molar-refractivity contribution in [1.29, 1.82) is 0 Å². The molecule has 0 aliphatic heterocycles. The molecule has 0 fully saturated rings. The molecule has 1 unspecified atom stereocenters. The highest BCUT2D eigenvalue weighted by Crippen LogP contribution is 2.24. The molecule has 0 aliphatic rings. The van der Waals surface area contributed by atoms with Crippen LogP contribution in [-0.4, -0.2) is 42.2 Å². The number of rotatable bonds is 5. The molecule has 2 N–H and O–H groups in total. The molecule has 110 valence electrons. The summed E-state index contributed by atoms with van der Waals surface area (Å²) in [5.41, 5.74) is 0.522. The van der Waals surface area contributed by atoms with Crippen molar-refractivity contribution in [3.63, 3.8) is 0 Å². The van der Waals surface area contributed by atoms with Crippen LogP contribution in [0.3, 0.4) is 0 Å². The third-order valence-corrected chi connectivity index (χ3v) is 3.28. The van der Waals surface area contributed by atoms with Crippen LogP contribution < -0.4 is 10.1 Å². The summed E-state index contributed by atoms with van der Waals surface area (Å²) in [6, 6.07) is 3.77. The molecule has 0 heterocycles. The van der Waals surface area contributed by atoms with E-state index in [2.05, 4.69) is 21.2 Å². The van der Waals surface area contributed by atoms with E-state index < -0.39 is 18.0 Å². The van der Waals surface area contributed by atoms with Gasteiger partial charge in [-0.3, -0.25) is 0 Å². The van der Waals surface area contributed by atoms with E-state index in [9.17, 15) is 9.59 Å². The fraction of sp³-hybridized carbons (Fsp3) is 0.385. The van der Waals surface area contributed by atoms with Gasteiger partial charge in [-0.15, -0.1) is 0 Å². The number of urea groups is 1. The highest BCUT2D eigenvalue weighted by Gasteiger charge is 2.24. The number of carboxylic acid groups (broad SMARTS) is 1. The molecule has 0 saturated carbocycles. The number of hydrogen-bond acceptors (Lipinski definition) is 3. The summed E-state index contributed by atoms with van der Waals surface area (Å²) in [6.45, 7) is 1.71. The van der Waals surface area contributed by atoms with Gasteiger partial charge in [0.25, 0.3) is 0 Å². The Morgan fingerprint density at radius 3 is 2.60 bits per heavy atom. The van der Waals surface area contributed by atoms with Gasteiger partial charge in [0.2, 0.25) is 0 Å². The molecule has 0 saturated heterocycles. The number of likely N-dealkylation sites (N-methyl/N-ethyl adjacent to an activating group) is 1. The SMILES string of the molecule is CCC(C(=O)O)N(C)C(=O)Nc1cc(Br)cc(OC)c1. The molecule has 2 amide bonds. The third kappa shape index (κ3) is 4.12. The molecular formula is C13H17BrN2O4. The van der Waals surface area contributed by atoms with E-state index in [-0.39, 0.29) is 0 Å². The molecule has 1 aromatic rings. The number of anilines is 1. The second kappa shape index (κ2) is 7.14. The quantitative estimate of drug-likeness (QED) is 0.860. The maximum absolute atomic E-state index is 12.0. The topological polar surface area (TPSA) is 78.9 Å². The lowest BCUT2D eigenvalue weighted by Gasteiger charge is -2.24. The fourth-order valence-electron chi connectivity index (χ4n) is 1.72.